The molecule has 0 aliphatic carbocycles. The topological polar surface area (TPSA) is 79.0 Å². The number of hydrogen-bond acceptors (Lipinski definition) is 5. The molecule has 2 rings (SSSR count). The van der Waals surface area contributed by atoms with Gasteiger partial charge in [0.05, 0.1) is 15.4 Å². The molecule has 5 nitrogen and oxygen atoms in total. The van der Waals surface area contributed by atoms with E-state index in [1.54, 1.807) is 24.3 Å². The lowest BCUT2D eigenvalue weighted by atomic mass is 10.1. The Morgan fingerprint density at radius 1 is 1.29 bits per heavy atom. The molecule has 0 amide bonds. The number of hydrogen-bond donors (Lipinski definition) is 1. The second-order valence-electron chi connectivity index (χ2n) is 4.30. The molecule has 0 aliphatic rings. The zero-order valence-electron chi connectivity index (χ0n) is 11.4. The van der Waals surface area contributed by atoms with Crippen LogP contribution in [0.5, 0.6) is 0 Å². The van der Waals surface area contributed by atoms with Crippen molar-refractivity contribution in [3.05, 3.63) is 63.7 Å². The SMILES string of the molecule is CNCc1ccc(Sc2ccccc2[N+](=O)[O-])c(C#N)c1. The fourth-order valence-electron chi connectivity index (χ4n) is 1.88. The van der Waals surface area contributed by atoms with Crippen molar-refractivity contribution >= 4 is 17.4 Å². The summed E-state index contributed by atoms with van der Waals surface area (Å²) in [5.74, 6) is 0. The van der Waals surface area contributed by atoms with Gasteiger partial charge in [-0.3, -0.25) is 10.1 Å². The van der Waals surface area contributed by atoms with E-state index >= 15 is 0 Å². The molecule has 0 bridgehead atoms. The van der Waals surface area contributed by atoms with Crippen molar-refractivity contribution < 1.29 is 4.92 Å². The average molecular weight is 299 g/mol. The van der Waals surface area contributed by atoms with Gasteiger partial charge in [-0.25, -0.2) is 0 Å². The fraction of sp³-hybridized carbons (Fsp3) is 0.133. The van der Waals surface area contributed by atoms with Gasteiger partial charge in [0.15, 0.2) is 0 Å². The van der Waals surface area contributed by atoms with Gasteiger partial charge in [-0.15, -0.1) is 0 Å². The quantitative estimate of drug-likeness (QED) is 0.676. The molecule has 0 saturated heterocycles. The van der Waals surface area contributed by atoms with Gasteiger partial charge in [0.25, 0.3) is 5.69 Å². The second kappa shape index (κ2) is 6.88. The lowest BCUT2D eigenvalue weighted by Crippen LogP contribution is -2.05. The summed E-state index contributed by atoms with van der Waals surface area (Å²) in [5.41, 5.74) is 1.57. The minimum atomic E-state index is -0.413. The molecule has 0 fully saturated rings. The number of nitro benzene ring substituents is 1. The van der Waals surface area contributed by atoms with Crippen molar-refractivity contribution in [3.63, 3.8) is 0 Å². The van der Waals surface area contributed by atoms with Crippen LogP contribution in [0.25, 0.3) is 0 Å². The highest BCUT2D eigenvalue weighted by atomic mass is 32.2. The summed E-state index contributed by atoms with van der Waals surface area (Å²) < 4.78 is 0. The third kappa shape index (κ3) is 3.60. The van der Waals surface area contributed by atoms with Gasteiger partial charge in [0.1, 0.15) is 6.07 Å². The molecule has 2 aromatic carbocycles. The molecule has 0 spiro atoms. The fourth-order valence-corrected chi connectivity index (χ4v) is 2.86. The van der Waals surface area contributed by atoms with Crippen LogP contribution in [0.3, 0.4) is 0 Å². The third-order valence-electron chi connectivity index (χ3n) is 2.83. The number of nitrogens with zero attached hydrogens (tertiary/aromatic N) is 2. The van der Waals surface area contributed by atoms with Crippen LogP contribution in [-0.2, 0) is 6.54 Å². The van der Waals surface area contributed by atoms with E-state index in [1.165, 1.54) is 17.8 Å². The predicted octanol–water partition coefficient (Wildman–Crippen LogP) is 3.34. The minimum absolute atomic E-state index is 0.0469. The normalized spacial score (nSPS) is 10.1. The van der Waals surface area contributed by atoms with Gasteiger partial charge in [-0.1, -0.05) is 30.0 Å². The van der Waals surface area contributed by atoms with Crippen LogP contribution >= 0.6 is 11.8 Å². The molecule has 0 radical (unpaired) electrons. The first-order chi connectivity index (χ1) is 10.2. The van der Waals surface area contributed by atoms with Crippen LogP contribution in [0.4, 0.5) is 5.69 Å². The van der Waals surface area contributed by atoms with E-state index < -0.39 is 4.92 Å². The van der Waals surface area contributed by atoms with Gasteiger partial charge < -0.3 is 5.32 Å². The summed E-state index contributed by atoms with van der Waals surface area (Å²) in [7, 11) is 1.84. The largest absolute Gasteiger partial charge is 0.316 e. The van der Waals surface area contributed by atoms with Crippen LogP contribution < -0.4 is 5.32 Å². The summed E-state index contributed by atoms with van der Waals surface area (Å²) in [5, 5.41) is 23.3. The van der Waals surface area contributed by atoms with Crippen LogP contribution in [0.1, 0.15) is 11.1 Å². The first-order valence-electron chi connectivity index (χ1n) is 6.24. The smallest absolute Gasteiger partial charge is 0.283 e. The van der Waals surface area contributed by atoms with Gasteiger partial charge >= 0.3 is 0 Å². The van der Waals surface area contributed by atoms with Crippen LogP contribution in [0, 0.1) is 21.4 Å². The van der Waals surface area contributed by atoms with Crippen molar-refractivity contribution in [1.82, 2.24) is 5.32 Å². The molecule has 0 aromatic heterocycles. The molecule has 2 aromatic rings. The summed E-state index contributed by atoms with van der Waals surface area (Å²) in [6.45, 7) is 0.672. The van der Waals surface area contributed by atoms with E-state index in [0.717, 1.165) is 5.56 Å². The maximum Gasteiger partial charge on any atom is 0.283 e. The highest BCUT2D eigenvalue weighted by Crippen LogP contribution is 2.36. The number of benzene rings is 2. The van der Waals surface area contributed by atoms with E-state index in [4.69, 9.17) is 0 Å². The zero-order valence-corrected chi connectivity index (χ0v) is 12.2. The van der Waals surface area contributed by atoms with Crippen molar-refractivity contribution in [2.75, 3.05) is 7.05 Å². The van der Waals surface area contributed by atoms with Gasteiger partial charge in [-0.2, -0.15) is 5.26 Å². The van der Waals surface area contributed by atoms with Crippen molar-refractivity contribution in [3.8, 4) is 6.07 Å². The van der Waals surface area contributed by atoms with Gasteiger partial charge in [0, 0.05) is 17.5 Å². The van der Waals surface area contributed by atoms with Crippen molar-refractivity contribution in [2.45, 2.75) is 16.3 Å². The minimum Gasteiger partial charge on any atom is -0.316 e. The predicted molar refractivity (Wildman–Crippen MR) is 81.1 cm³/mol. The Bertz CT molecular complexity index is 710. The Kier molecular flexibility index (Phi) is 4.93. The Hall–Kier alpha value is -2.36. The maximum absolute atomic E-state index is 11.0. The lowest BCUT2D eigenvalue weighted by Gasteiger charge is -2.07. The molecule has 0 aliphatic heterocycles. The number of para-hydroxylation sites is 1. The Labute approximate surface area is 126 Å². The summed E-state index contributed by atoms with van der Waals surface area (Å²) in [6, 6.07) is 14.2. The monoisotopic (exact) mass is 299 g/mol. The van der Waals surface area contributed by atoms with Crippen LogP contribution in [-0.4, -0.2) is 12.0 Å². The Balaban J connectivity index is 2.36. The van der Waals surface area contributed by atoms with E-state index in [-0.39, 0.29) is 5.69 Å². The van der Waals surface area contributed by atoms with Gasteiger partial charge in [-0.05, 0) is 30.8 Å². The van der Waals surface area contributed by atoms with Crippen molar-refractivity contribution in [2.24, 2.45) is 0 Å². The van der Waals surface area contributed by atoms with Crippen molar-refractivity contribution in [1.29, 1.82) is 5.26 Å². The molecule has 1 N–H and O–H groups in total. The molecule has 0 saturated carbocycles. The zero-order chi connectivity index (χ0) is 15.2. The first-order valence-corrected chi connectivity index (χ1v) is 7.06. The number of nitriles is 1. The highest BCUT2D eigenvalue weighted by Gasteiger charge is 2.15. The van der Waals surface area contributed by atoms with E-state index in [2.05, 4.69) is 11.4 Å². The molecule has 0 atom stereocenters. The molecule has 106 valence electrons. The summed E-state index contributed by atoms with van der Waals surface area (Å²) in [6.07, 6.45) is 0. The Morgan fingerprint density at radius 3 is 2.71 bits per heavy atom. The highest BCUT2D eigenvalue weighted by molar-refractivity contribution is 7.99. The molecular weight excluding hydrogens is 286 g/mol. The van der Waals surface area contributed by atoms with Crippen LogP contribution in [0.2, 0.25) is 0 Å². The standard InChI is InChI=1S/C15H13N3O2S/c1-17-10-11-6-7-14(12(8-11)9-16)21-15-5-3-2-4-13(15)18(19)20/h2-8,17H,10H2,1H3. The molecule has 21 heavy (non-hydrogen) atoms. The number of nitro groups is 1. The second-order valence-corrected chi connectivity index (χ2v) is 5.38. The molecule has 0 unspecified atom stereocenters. The molecular formula is C15H13N3O2S. The van der Waals surface area contributed by atoms with E-state index in [9.17, 15) is 15.4 Å². The first kappa shape index (κ1) is 15.0. The summed E-state index contributed by atoms with van der Waals surface area (Å²) in [4.78, 5) is 11.9. The molecule has 6 heteroatoms. The average Bonchev–Trinajstić information content (AvgIpc) is 2.49. The van der Waals surface area contributed by atoms with Crippen LogP contribution in [0.15, 0.2) is 52.3 Å². The van der Waals surface area contributed by atoms with E-state index in [1.807, 2.05) is 19.2 Å². The summed E-state index contributed by atoms with van der Waals surface area (Å²) >= 11 is 1.24. The maximum atomic E-state index is 11.0. The molecule has 0 heterocycles. The van der Waals surface area contributed by atoms with E-state index in [0.29, 0.717) is 21.9 Å². The Morgan fingerprint density at radius 2 is 2.05 bits per heavy atom. The number of rotatable bonds is 5. The third-order valence-corrected chi connectivity index (χ3v) is 3.97. The number of nitrogens with one attached hydrogen (secondary N) is 1. The van der Waals surface area contributed by atoms with Gasteiger partial charge in [0.2, 0.25) is 0 Å². The lowest BCUT2D eigenvalue weighted by molar-refractivity contribution is -0.387.